The van der Waals surface area contributed by atoms with Crippen molar-refractivity contribution in [3.05, 3.63) is 0 Å². The summed E-state index contributed by atoms with van der Waals surface area (Å²) >= 11 is 0. The normalized spacial score (nSPS) is 42.0. The zero-order valence-corrected chi connectivity index (χ0v) is 18.2. The lowest BCUT2D eigenvalue weighted by Gasteiger charge is -2.43. The van der Waals surface area contributed by atoms with Gasteiger partial charge in [0.05, 0.1) is 6.10 Å². The highest BCUT2D eigenvalue weighted by molar-refractivity contribution is 4.94. The molecular weight excluding hydrogens is 358 g/mol. The third kappa shape index (κ3) is 5.90. The topological polar surface area (TPSA) is 40.7 Å². The first kappa shape index (κ1) is 24.1. The average Bonchev–Trinajstić information content (AvgIpc) is 2.71. The lowest BCUT2D eigenvalue weighted by Crippen LogP contribution is -2.46. The summed E-state index contributed by atoms with van der Waals surface area (Å²) in [6.07, 6.45) is 12.9. The third-order valence-electron chi connectivity index (χ3n) is 8.18. The van der Waals surface area contributed by atoms with Gasteiger partial charge < -0.3 is 10.2 Å². The van der Waals surface area contributed by atoms with E-state index in [0.29, 0.717) is 18.9 Å². The van der Waals surface area contributed by atoms with Crippen molar-refractivity contribution in [2.24, 2.45) is 29.6 Å². The molecule has 170 valence electrons. The van der Waals surface area contributed by atoms with Crippen molar-refractivity contribution in [2.45, 2.75) is 116 Å². The molecule has 4 heteroatoms. The molecule has 0 heterocycles. The Morgan fingerprint density at radius 3 is 1.89 bits per heavy atom. The van der Waals surface area contributed by atoms with Crippen LogP contribution in [-0.4, -0.2) is 30.5 Å². The maximum Gasteiger partial charge on any atom is 0.157 e. The summed E-state index contributed by atoms with van der Waals surface area (Å²) in [5.74, 6) is 3.08. The van der Waals surface area contributed by atoms with Crippen molar-refractivity contribution in [3.63, 3.8) is 0 Å². The van der Waals surface area contributed by atoms with Crippen molar-refractivity contribution in [1.82, 2.24) is 0 Å². The van der Waals surface area contributed by atoms with Gasteiger partial charge in [0, 0.05) is 9.46 Å². The van der Waals surface area contributed by atoms with Crippen LogP contribution in [0, 0.1) is 29.6 Å². The van der Waals surface area contributed by atoms with Crippen LogP contribution in [0.5, 0.6) is 0 Å². The van der Waals surface area contributed by atoms with Gasteiger partial charge in [0.25, 0.3) is 0 Å². The number of alkyl halides is 2. The van der Waals surface area contributed by atoms with Gasteiger partial charge in [-0.25, -0.2) is 8.78 Å². The van der Waals surface area contributed by atoms with E-state index in [2.05, 4.69) is 6.92 Å². The fourth-order valence-electron chi connectivity index (χ4n) is 6.49. The lowest BCUT2D eigenvalue weighted by molar-refractivity contribution is -0.0852. The summed E-state index contributed by atoms with van der Waals surface area (Å²) in [6, 6.07) is 0. The molecule has 4 atom stereocenters. The van der Waals surface area contributed by atoms with E-state index >= 15 is 0 Å². The van der Waals surface area contributed by atoms with Crippen LogP contribution < -0.4 is 0 Å². The summed E-state index contributed by atoms with van der Waals surface area (Å²) in [7, 11) is 0. The summed E-state index contributed by atoms with van der Waals surface area (Å²) < 4.78 is 34.6. The standard InChI is InChI=1S/C24H42F2O.H2O.2H2/c1-3-5-6-17-7-9-18(10-8-17)19-11-13-20(14-12-19)21-15-16-22(27-4-2)24(26)23(21)25;;;/h17-24H,3-16H2,1-2H3;1H2;2*1H. The van der Waals surface area contributed by atoms with Crippen molar-refractivity contribution in [1.29, 1.82) is 0 Å². The Morgan fingerprint density at radius 2 is 1.32 bits per heavy atom. The van der Waals surface area contributed by atoms with Crippen LogP contribution in [0.4, 0.5) is 8.78 Å². The minimum absolute atomic E-state index is 0. The molecule has 0 amide bonds. The van der Waals surface area contributed by atoms with Crippen LogP contribution in [0.2, 0.25) is 0 Å². The maximum absolute atomic E-state index is 14.7. The molecule has 0 bridgehead atoms. The molecule has 3 aliphatic carbocycles. The molecule has 0 radical (unpaired) electrons. The van der Waals surface area contributed by atoms with Crippen LogP contribution in [0.25, 0.3) is 0 Å². The number of hydrogen-bond acceptors (Lipinski definition) is 1. The Kier molecular flexibility index (Phi) is 10.2. The Balaban J connectivity index is 0.00000280. The average molecular weight is 407 g/mol. The van der Waals surface area contributed by atoms with Gasteiger partial charge in [-0.15, -0.1) is 0 Å². The minimum atomic E-state index is -1.42. The molecule has 3 rings (SSSR count). The smallest absolute Gasteiger partial charge is 0.157 e. The SMILES string of the molecule is CCCCC1CCC(C2CCC(C3CCC(OCC)C(F)C3F)CC2)CC1.O.[HH].[HH]. The number of ether oxygens (including phenoxy) is 1. The van der Waals surface area contributed by atoms with Gasteiger partial charge >= 0.3 is 0 Å². The summed E-state index contributed by atoms with van der Waals surface area (Å²) in [6.45, 7) is 4.64. The van der Waals surface area contributed by atoms with Gasteiger partial charge in [0.15, 0.2) is 6.17 Å². The van der Waals surface area contributed by atoms with E-state index in [0.717, 1.165) is 37.0 Å². The third-order valence-corrected chi connectivity index (χ3v) is 8.18. The number of halogens is 2. The predicted molar refractivity (Wildman–Crippen MR) is 116 cm³/mol. The fourth-order valence-corrected chi connectivity index (χ4v) is 6.49. The number of hydrogen-bond donors (Lipinski definition) is 0. The molecule has 3 saturated carbocycles. The monoisotopic (exact) mass is 406 g/mol. The number of rotatable bonds is 7. The van der Waals surface area contributed by atoms with Crippen molar-refractivity contribution in [3.8, 4) is 0 Å². The number of unbranched alkanes of at least 4 members (excludes halogenated alkanes) is 1. The van der Waals surface area contributed by atoms with Gasteiger partial charge in [-0.05, 0) is 87.9 Å². The Labute approximate surface area is 174 Å². The highest BCUT2D eigenvalue weighted by Gasteiger charge is 2.45. The zero-order valence-electron chi connectivity index (χ0n) is 18.2. The first-order valence-electron chi connectivity index (χ1n) is 12.0. The largest absolute Gasteiger partial charge is 0.412 e. The Hall–Kier alpha value is -0.220. The van der Waals surface area contributed by atoms with E-state index < -0.39 is 18.4 Å². The van der Waals surface area contributed by atoms with Crippen LogP contribution >= 0.6 is 0 Å². The van der Waals surface area contributed by atoms with Gasteiger partial charge in [-0.1, -0.05) is 39.0 Å². The molecule has 0 aromatic carbocycles. The van der Waals surface area contributed by atoms with E-state index in [4.69, 9.17) is 4.74 Å². The van der Waals surface area contributed by atoms with Crippen molar-refractivity contribution in [2.75, 3.05) is 6.61 Å². The minimum Gasteiger partial charge on any atom is -0.412 e. The molecule has 0 aliphatic heterocycles. The first-order chi connectivity index (χ1) is 13.1. The van der Waals surface area contributed by atoms with Crippen LogP contribution in [-0.2, 0) is 4.74 Å². The molecule has 4 unspecified atom stereocenters. The van der Waals surface area contributed by atoms with Gasteiger partial charge in [-0.2, -0.15) is 0 Å². The van der Waals surface area contributed by atoms with Crippen LogP contribution in [0.15, 0.2) is 0 Å². The van der Waals surface area contributed by atoms with Gasteiger partial charge in [-0.3, -0.25) is 0 Å². The molecule has 0 aromatic rings. The zero-order chi connectivity index (χ0) is 19.2. The Morgan fingerprint density at radius 1 is 0.750 bits per heavy atom. The molecular formula is C24H48F2O2. The maximum atomic E-state index is 14.7. The molecule has 3 fully saturated rings. The highest BCUT2D eigenvalue weighted by Crippen LogP contribution is 2.47. The van der Waals surface area contributed by atoms with Crippen molar-refractivity contribution < 1.29 is 21.8 Å². The van der Waals surface area contributed by atoms with E-state index in [1.165, 1.54) is 57.8 Å². The van der Waals surface area contributed by atoms with Gasteiger partial charge in [0.1, 0.15) is 6.17 Å². The molecule has 2 nitrogen and oxygen atoms in total. The second-order valence-corrected chi connectivity index (χ2v) is 9.72. The molecule has 28 heavy (non-hydrogen) atoms. The van der Waals surface area contributed by atoms with Crippen LogP contribution in [0.3, 0.4) is 0 Å². The lowest BCUT2D eigenvalue weighted by atomic mass is 9.65. The van der Waals surface area contributed by atoms with Gasteiger partial charge in [0.2, 0.25) is 0 Å². The fraction of sp³-hybridized carbons (Fsp3) is 1.00. The summed E-state index contributed by atoms with van der Waals surface area (Å²) in [4.78, 5) is 0. The van der Waals surface area contributed by atoms with E-state index in [-0.39, 0.29) is 14.2 Å². The summed E-state index contributed by atoms with van der Waals surface area (Å²) in [5.41, 5.74) is 0. The molecule has 0 spiro atoms. The molecule has 0 saturated heterocycles. The second kappa shape index (κ2) is 11.8. The molecule has 0 aromatic heterocycles. The second-order valence-electron chi connectivity index (χ2n) is 9.72. The Bertz CT molecular complexity index is 427. The van der Waals surface area contributed by atoms with E-state index in [1.54, 1.807) is 0 Å². The molecule has 2 N–H and O–H groups in total. The molecule has 3 aliphatic rings. The van der Waals surface area contributed by atoms with Crippen molar-refractivity contribution >= 4 is 0 Å². The van der Waals surface area contributed by atoms with E-state index in [9.17, 15) is 8.78 Å². The predicted octanol–water partition coefficient (Wildman–Crippen LogP) is 6.95. The van der Waals surface area contributed by atoms with E-state index in [1.807, 2.05) is 6.92 Å². The highest BCUT2D eigenvalue weighted by atomic mass is 19.2. The first-order valence-corrected chi connectivity index (χ1v) is 12.0. The summed E-state index contributed by atoms with van der Waals surface area (Å²) in [5, 5.41) is 0. The quantitative estimate of drug-likeness (QED) is 0.451. The van der Waals surface area contributed by atoms with Crippen LogP contribution in [0.1, 0.15) is 100 Å².